The quantitative estimate of drug-likeness (QED) is 0.912. The summed E-state index contributed by atoms with van der Waals surface area (Å²) in [5.41, 5.74) is 0.984. The van der Waals surface area contributed by atoms with Gasteiger partial charge in [0.15, 0.2) is 0 Å². The van der Waals surface area contributed by atoms with Crippen molar-refractivity contribution in [3.63, 3.8) is 0 Å². The average molecular weight is 308 g/mol. The van der Waals surface area contributed by atoms with Crippen molar-refractivity contribution >= 4 is 21.7 Å². The molecule has 4 nitrogen and oxygen atoms in total. The van der Waals surface area contributed by atoms with Crippen molar-refractivity contribution in [2.45, 2.75) is 25.3 Å². The van der Waals surface area contributed by atoms with Crippen LogP contribution in [0.4, 0.5) is 5.82 Å². The molecule has 2 fully saturated rings. The van der Waals surface area contributed by atoms with Crippen molar-refractivity contribution in [2.24, 2.45) is 5.41 Å². The van der Waals surface area contributed by atoms with Crippen LogP contribution in [0.1, 0.15) is 24.8 Å². The molecule has 0 amide bonds. The van der Waals surface area contributed by atoms with Gasteiger partial charge in [0.25, 0.3) is 0 Å². The third-order valence-corrected chi connectivity index (χ3v) is 4.40. The lowest BCUT2D eigenvalue weighted by atomic mass is 9.96. The molecule has 1 aliphatic carbocycles. The topological polar surface area (TPSA) is 57.9 Å². The number of rotatable bonds is 2. The molecule has 1 aromatic heterocycles. The smallest absolute Gasteiger partial charge is 0.144 e. The maximum atomic E-state index is 9.11. The van der Waals surface area contributed by atoms with Gasteiger partial charge in [-0.25, -0.2) is 4.98 Å². The largest absolute Gasteiger partial charge is 0.381 e. The van der Waals surface area contributed by atoms with Crippen LogP contribution in [-0.2, 0) is 4.74 Å². The predicted molar refractivity (Wildman–Crippen MR) is 71.2 cm³/mol. The number of ether oxygens (including phenoxy) is 1. The lowest BCUT2D eigenvalue weighted by Crippen LogP contribution is -2.23. The minimum atomic E-state index is 0.389. The van der Waals surface area contributed by atoms with Gasteiger partial charge in [-0.05, 0) is 46.7 Å². The number of pyridine rings is 1. The molecule has 1 unspecified atom stereocenters. The van der Waals surface area contributed by atoms with Crippen LogP contribution in [0, 0.1) is 16.7 Å². The van der Waals surface area contributed by atoms with Gasteiger partial charge in [0, 0.05) is 29.9 Å². The van der Waals surface area contributed by atoms with Gasteiger partial charge in [0.05, 0.1) is 5.56 Å². The van der Waals surface area contributed by atoms with Gasteiger partial charge in [-0.15, -0.1) is 0 Å². The molecule has 18 heavy (non-hydrogen) atoms. The van der Waals surface area contributed by atoms with E-state index >= 15 is 0 Å². The first-order chi connectivity index (χ1) is 8.73. The van der Waals surface area contributed by atoms with Gasteiger partial charge in [-0.2, -0.15) is 5.26 Å². The fourth-order valence-electron chi connectivity index (χ4n) is 2.69. The molecule has 1 saturated heterocycles. The van der Waals surface area contributed by atoms with E-state index in [2.05, 4.69) is 32.3 Å². The molecule has 1 aromatic rings. The fourth-order valence-corrected chi connectivity index (χ4v) is 3.02. The van der Waals surface area contributed by atoms with E-state index in [1.54, 1.807) is 12.3 Å². The standard InChI is InChI=1S/C13H14BrN3O/c14-10-5-9(7-15)12(16-8-10)17-11-6-13(11)1-3-18-4-2-13/h5,8,11H,1-4,6H2,(H,16,17). The maximum Gasteiger partial charge on any atom is 0.144 e. The van der Waals surface area contributed by atoms with Crippen LogP contribution in [0.25, 0.3) is 0 Å². The lowest BCUT2D eigenvalue weighted by molar-refractivity contribution is 0.0567. The van der Waals surface area contributed by atoms with Crippen LogP contribution in [0.3, 0.4) is 0 Å². The Morgan fingerprint density at radius 2 is 2.28 bits per heavy atom. The molecule has 2 aliphatic rings. The summed E-state index contributed by atoms with van der Waals surface area (Å²) in [5, 5.41) is 12.5. The monoisotopic (exact) mass is 307 g/mol. The van der Waals surface area contributed by atoms with E-state index in [1.165, 1.54) is 6.42 Å². The number of nitriles is 1. The van der Waals surface area contributed by atoms with Crippen LogP contribution in [-0.4, -0.2) is 24.2 Å². The molecule has 3 rings (SSSR count). The van der Waals surface area contributed by atoms with Crippen LogP contribution in [0.2, 0.25) is 0 Å². The Balaban J connectivity index is 1.73. The Hall–Kier alpha value is -1.12. The van der Waals surface area contributed by atoms with Crippen molar-refractivity contribution in [3.05, 3.63) is 22.3 Å². The van der Waals surface area contributed by atoms with E-state index in [4.69, 9.17) is 10.00 Å². The molecular weight excluding hydrogens is 294 g/mol. The second kappa shape index (κ2) is 4.52. The third kappa shape index (κ3) is 2.11. The minimum absolute atomic E-state index is 0.389. The molecule has 5 heteroatoms. The van der Waals surface area contributed by atoms with Crippen LogP contribution in [0.5, 0.6) is 0 Å². The highest BCUT2D eigenvalue weighted by Gasteiger charge is 2.54. The highest BCUT2D eigenvalue weighted by atomic mass is 79.9. The maximum absolute atomic E-state index is 9.11. The first-order valence-corrected chi connectivity index (χ1v) is 6.93. The molecule has 2 heterocycles. The van der Waals surface area contributed by atoms with E-state index in [0.717, 1.165) is 30.5 Å². The fraction of sp³-hybridized carbons (Fsp3) is 0.538. The molecule has 1 atom stereocenters. The zero-order valence-corrected chi connectivity index (χ0v) is 11.5. The minimum Gasteiger partial charge on any atom is -0.381 e. The van der Waals surface area contributed by atoms with Gasteiger partial charge in [-0.1, -0.05) is 0 Å². The summed E-state index contributed by atoms with van der Waals surface area (Å²) in [6, 6.07) is 4.43. The first-order valence-electron chi connectivity index (χ1n) is 6.13. The molecule has 0 radical (unpaired) electrons. The summed E-state index contributed by atoms with van der Waals surface area (Å²) in [7, 11) is 0. The van der Waals surface area contributed by atoms with Crippen LogP contribution >= 0.6 is 15.9 Å². The predicted octanol–water partition coefficient (Wildman–Crippen LogP) is 2.70. The summed E-state index contributed by atoms with van der Waals surface area (Å²) in [6.45, 7) is 1.72. The van der Waals surface area contributed by atoms with Crippen LogP contribution < -0.4 is 5.32 Å². The molecule has 1 N–H and O–H groups in total. The lowest BCUT2D eigenvalue weighted by Gasteiger charge is -2.23. The SMILES string of the molecule is N#Cc1cc(Br)cnc1NC1CC12CCOCC2. The number of hydrogen-bond acceptors (Lipinski definition) is 4. The van der Waals surface area contributed by atoms with E-state index < -0.39 is 0 Å². The number of hydrogen-bond donors (Lipinski definition) is 1. The van der Waals surface area contributed by atoms with E-state index in [1.807, 2.05) is 0 Å². The normalized spacial score (nSPS) is 24.6. The Morgan fingerprint density at radius 3 is 3.00 bits per heavy atom. The molecular formula is C13H14BrN3O. The number of nitrogens with zero attached hydrogens (tertiary/aromatic N) is 2. The highest BCUT2D eigenvalue weighted by Crippen LogP contribution is 2.54. The second-order valence-electron chi connectivity index (χ2n) is 5.04. The van der Waals surface area contributed by atoms with Gasteiger partial charge >= 0.3 is 0 Å². The van der Waals surface area contributed by atoms with Crippen molar-refractivity contribution in [1.82, 2.24) is 4.98 Å². The Kier molecular flexibility index (Phi) is 3.00. The zero-order valence-electron chi connectivity index (χ0n) is 9.95. The molecule has 1 aliphatic heterocycles. The number of anilines is 1. The molecule has 1 spiro atoms. The Labute approximate surface area is 114 Å². The van der Waals surface area contributed by atoms with Gasteiger partial charge < -0.3 is 10.1 Å². The highest BCUT2D eigenvalue weighted by molar-refractivity contribution is 9.10. The van der Waals surface area contributed by atoms with E-state index in [-0.39, 0.29) is 0 Å². The van der Waals surface area contributed by atoms with Crippen molar-refractivity contribution < 1.29 is 4.74 Å². The second-order valence-corrected chi connectivity index (χ2v) is 5.95. The zero-order chi connectivity index (χ0) is 12.6. The van der Waals surface area contributed by atoms with Crippen LogP contribution in [0.15, 0.2) is 16.7 Å². The van der Waals surface area contributed by atoms with Crippen molar-refractivity contribution in [1.29, 1.82) is 5.26 Å². The van der Waals surface area contributed by atoms with Crippen molar-refractivity contribution in [2.75, 3.05) is 18.5 Å². The van der Waals surface area contributed by atoms with Gasteiger partial charge in [0.2, 0.25) is 0 Å². The first kappa shape index (κ1) is 11.9. The molecule has 0 bridgehead atoms. The molecule has 94 valence electrons. The Bertz CT molecular complexity index is 505. The van der Waals surface area contributed by atoms with Gasteiger partial charge in [0.1, 0.15) is 11.9 Å². The molecule has 1 saturated carbocycles. The summed E-state index contributed by atoms with van der Waals surface area (Å²) < 4.78 is 6.24. The Morgan fingerprint density at radius 1 is 1.50 bits per heavy atom. The number of halogens is 1. The third-order valence-electron chi connectivity index (χ3n) is 3.96. The average Bonchev–Trinajstić information content (AvgIpc) is 3.04. The van der Waals surface area contributed by atoms with E-state index in [9.17, 15) is 0 Å². The summed E-state index contributed by atoms with van der Waals surface area (Å²) in [5.74, 6) is 0.703. The van der Waals surface area contributed by atoms with Crippen molar-refractivity contribution in [3.8, 4) is 6.07 Å². The summed E-state index contributed by atoms with van der Waals surface area (Å²) in [4.78, 5) is 4.30. The summed E-state index contributed by atoms with van der Waals surface area (Å²) >= 11 is 3.33. The summed E-state index contributed by atoms with van der Waals surface area (Å²) in [6.07, 6.45) is 5.12. The number of aromatic nitrogens is 1. The molecule has 0 aromatic carbocycles. The number of nitrogens with one attached hydrogen (secondary N) is 1. The van der Waals surface area contributed by atoms with Gasteiger partial charge in [-0.3, -0.25) is 0 Å². The van der Waals surface area contributed by atoms with E-state index in [0.29, 0.717) is 22.8 Å².